The van der Waals surface area contributed by atoms with Crippen molar-refractivity contribution in [3.05, 3.63) is 108 Å². The Morgan fingerprint density at radius 2 is 1.73 bits per heavy atom. The second kappa shape index (κ2) is 12.9. The average molecular weight is 594 g/mol. The first-order valence-corrected chi connectivity index (χ1v) is 14.4. The minimum Gasteiger partial charge on any atom is -0.478 e. The quantitative estimate of drug-likeness (QED) is 0.299. The van der Waals surface area contributed by atoms with E-state index < -0.39 is 18.0 Å². The Balaban J connectivity index is 1.46. The van der Waals surface area contributed by atoms with Gasteiger partial charge in [0.25, 0.3) is 0 Å². The van der Waals surface area contributed by atoms with Crippen molar-refractivity contribution < 1.29 is 24.3 Å². The molecule has 3 aromatic carbocycles. The predicted octanol–water partition coefficient (Wildman–Crippen LogP) is 5.80. The predicted molar refractivity (Wildman–Crippen MR) is 169 cm³/mol. The molecule has 10 heteroatoms. The van der Waals surface area contributed by atoms with E-state index in [4.69, 9.17) is 5.11 Å². The Bertz CT molecular complexity index is 1630. The van der Waals surface area contributed by atoms with Crippen LogP contribution >= 0.6 is 0 Å². The van der Waals surface area contributed by atoms with Crippen molar-refractivity contribution >= 4 is 47.0 Å². The highest BCUT2D eigenvalue weighted by molar-refractivity contribution is 6.05. The number of carboxylic acid groups (broad SMARTS) is 1. The van der Waals surface area contributed by atoms with Gasteiger partial charge in [-0.2, -0.15) is 0 Å². The van der Waals surface area contributed by atoms with Crippen molar-refractivity contribution in [2.75, 3.05) is 29.9 Å². The van der Waals surface area contributed by atoms with E-state index in [1.165, 1.54) is 11.0 Å². The lowest BCUT2D eigenvalue weighted by Crippen LogP contribution is -2.54. The molecule has 0 atom stereocenters. The van der Waals surface area contributed by atoms with Crippen LogP contribution in [0, 0.1) is 5.41 Å². The summed E-state index contributed by atoms with van der Waals surface area (Å²) in [6, 6.07) is 22.2. The number of likely N-dealkylation sites (tertiary alicyclic amines) is 1. The van der Waals surface area contributed by atoms with Gasteiger partial charge in [-0.05, 0) is 53.7 Å². The largest absolute Gasteiger partial charge is 0.478 e. The summed E-state index contributed by atoms with van der Waals surface area (Å²) in [6.07, 6.45) is 5.90. The Kier molecular flexibility index (Phi) is 8.80. The summed E-state index contributed by atoms with van der Waals surface area (Å²) in [5.74, 6) is -1.26. The topological polar surface area (TPSA) is 122 Å². The monoisotopic (exact) mass is 593 g/mol. The molecule has 3 N–H and O–H groups in total. The first-order chi connectivity index (χ1) is 21.1. The Labute approximate surface area is 256 Å². The fourth-order valence-corrected chi connectivity index (χ4v) is 5.53. The second-order valence-corrected chi connectivity index (χ2v) is 11.6. The molecule has 1 saturated heterocycles. The summed E-state index contributed by atoms with van der Waals surface area (Å²) < 4.78 is 0. The molecule has 0 bridgehead atoms. The average Bonchev–Trinajstić information content (AvgIpc) is 3.11. The van der Waals surface area contributed by atoms with Gasteiger partial charge in [0.1, 0.15) is 6.54 Å². The number of nitrogens with zero attached hydrogens (tertiary/aromatic N) is 3. The number of nitrogens with one attached hydrogen (secondary N) is 2. The van der Waals surface area contributed by atoms with Gasteiger partial charge < -0.3 is 15.3 Å². The zero-order chi connectivity index (χ0) is 31.3. The number of hydrogen-bond donors (Lipinski definition) is 3. The second-order valence-electron chi connectivity index (χ2n) is 11.6. The highest BCUT2D eigenvalue weighted by Crippen LogP contribution is 2.35. The van der Waals surface area contributed by atoms with Crippen molar-refractivity contribution in [1.82, 2.24) is 15.3 Å². The van der Waals surface area contributed by atoms with Crippen LogP contribution in [0.25, 0.3) is 11.6 Å². The van der Waals surface area contributed by atoms with Crippen molar-refractivity contribution in [3.63, 3.8) is 0 Å². The van der Waals surface area contributed by atoms with Gasteiger partial charge in [-0.3, -0.25) is 9.69 Å². The van der Waals surface area contributed by atoms with Crippen LogP contribution in [-0.2, 0) is 9.59 Å². The van der Waals surface area contributed by atoms with Gasteiger partial charge in [-0.25, -0.2) is 24.8 Å². The minimum absolute atomic E-state index is 0.0109. The number of hydrogen-bond acceptors (Lipinski definition) is 4. The van der Waals surface area contributed by atoms with Crippen molar-refractivity contribution in [2.24, 2.45) is 5.41 Å². The van der Waals surface area contributed by atoms with Crippen LogP contribution in [0.2, 0.25) is 0 Å². The SMILES string of the molecule is CC1(C)CCCN(C(=O)CN2C(=O)N(NC(=O)Nc3cccc(C=CC(=O)O)c3)C=C(c3ccccc3)c3ccccc32)C1. The van der Waals surface area contributed by atoms with Gasteiger partial charge in [0, 0.05) is 42.2 Å². The van der Waals surface area contributed by atoms with Crippen LogP contribution in [0.15, 0.2) is 91.1 Å². The van der Waals surface area contributed by atoms with E-state index in [9.17, 15) is 19.2 Å². The molecule has 0 aliphatic carbocycles. The molecule has 0 unspecified atom stereocenters. The van der Waals surface area contributed by atoms with E-state index in [1.54, 1.807) is 36.5 Å². The first-order valence-electron chi connectivity index (χ1n) is 14.4. The van der Waals surface area contributed by atoms with E-state index in [0.29, 0.717) is 35.6 Å². The van der Waals surface area contributed by atoms with E-state index in [-0.39, 0.29) is 17.9 Å². The van der Waals surface area contributed by atoms with E-state index >= 15 is 0 Å². The summed E-state index contributed by atoms with van der Waals surface area (Å²) in [7, 11) is 0. The zero-order valence-electron chi connectivity index (χ0n) is 24.7. The summed E-state index contributed by atoms with van der Waals surface area (Å²) in [5.41, 5.74) is 6.39. The molecule has 2 aliphatic heterocycles. The normalized spacial score (nSPS) is 16.2. The standard InChI is InChI=1S/C34H35N5O5/c1-34(2)18-9-19-37(23-34)30(40)22-38-29-15-7-6-14-27(29)28(25-11-4-3-5-12-25)21-39(33(38)44)36-32(43)35-26-13-8-10-24(20-26)16-17-31(41)42/h3-8,10-17,20-21H,9,18-19,22-23H2,1-2H3,(H,41,42)(H2,35,36,43). The first kappa shape index (κ1) is 30.1. The molecular weight excluding hydrogens is 558 g/mol. The number of urea groups is 2. The molecular formula is C34H35N5O5. The maximum absolute atomic E-state index is 14.2. The number of carbonyl (C=O) groups excluding carboxylic acids is 3. The van der Waals surface area contributed by atoms with Crippen molar-refractivity contribution in [3.8, 4) is 0 Å². The summed E-state index contributed by atoms with van der Waals surface area (Å²) >= 11 is 0. The van der Waals surface area contributed by atoms with Crippen LogP contribution in [-0.4, -0.2) is 58.6 Å². The fraction of sp³-hybridized carbons (Fsp3) is 0.235. The molecule has 0 spiro atoms. The number of hydrazine groups is 1. The molecule has 3 aromatic rings. The third kappa shape index (κ3) is 7.15. The molecule has 1 fully saturated rings. The maximum atomic E-state index is 14.2. The van der Waals surface area contributed by atoms with Gasteiger partial charge in [0.05, 0.1) is 5.69 Å². The molecule has 226 valence electrons. The van der Waals surface area contributed by atoms with Gasteiger partial charge in [0.2, 0.25) is 5.91 Å². The van der Waals surface area contributed by atoms with Gasteiger partial charge in [-0.15, -0.1) is 0 Å². The Morgan fingerprint density at radius 1 is 0.977 bits per heavy atom. The number of amides is 5. The van der Waals surface area contributed by atoms with Crippen LogP contribution in [0.4, 0.5) is 21.0 Å². The third-order valence-electron chi connectivity index (χ3n) is 7.60. The van der Waals surface area contributed by atoms with E-state index in [0.717, 1.165) is 35.1 Å². The molecule has 5 amide bonds. The summed E-state index contributed by atoms with van der Waals surface area (Å²) in [6.45, 7) is 5.31. The van der Waals surface area contributed by atoms with Crippen LogP contribution < -0.4 is 15.6 Å². The number of fused-ring (bicyclic) bond motifs is 1. The lowest BCUT2D eigenvalue weighted by atomic mass is 9.84. The number of carbonyl (C=O) groups is 4. The number of benzene rings is 3. The van der Waals surface area contributed by atoms with E-state index in [2.05, 4.69) is 24.6 Å². The van der Waals surface area contributed by atoms with E-state index in [1.807, 2.05) is 53.4 Å². The number of para-hydroxylation sites is 1. The summed E-state index contributed by atoms with van der Waals surface area (Å²) in [4.78, 5) is 55.1. The molecule has 2 heterocycles. The molecule has 44 heavy (non-hydrogen) atoms. The number of aliphatic carboxylic acids is 1. The van der Waals surface area contributed by atoms with Crippen molar-refractivity contribution in [2.45, 2.75) is 26.7 Å². The molecule has 0 aromatic heterocycles. The van der Waals surface area contributed by atoms with Crippen LogP contribution in [0.5, 0.6) is 0 Å². The number of carboxylic acids is 1. The molecule has 5 rings (SSSR count). The van der Waals surface area contributed by atoms with Crippen LogP contribution in [0.3, 0.4) is 0 Å². The maximum Gasteiger partial charge on any atom is 0.347 e. The minimum atomic E-state index is -1.09. The smallest absolute Gasteiger partial charge is 0.347 e. The fourth-order valence-electron chi connectivity index (χ4n) is 5.53. The van der Waals surface area contributed by atoms with Crippen molar-refractivity contribution in [1.29, 1.82) is 0 Å². The molecule has 0 radical (unpaired) electrons. The molecule has 2 aliphatic rings. The highest BCUT2D eigenvalue weighted by Gasteiger charge is 2.35. The summed E-state index contributed by atoms with van der Waals surface area (Å²) in [5, 5.41) is 12.7. The number of rotatable bonds is 7. The Morgan fingerprint density at radius 3 is 2.48 bits per heavy atom. The molecule has 10 nitrogen and oxygen atoms in total. The third-order valence-corrected chi connectivity index (χ3v) is 7.60. The van der Waals surface area contributed by atoms with Crippen LogP contribution in [0.1, 0.15) is 43.4 Å². The zero-order valence-corrected chi connectivity index (χ0v) is 24.7. The van der Waals surface area contributed by atoms with Gasteiger partial charge >= 0.3 is 18.0 Å². The highest BCUT2D eigenvalue weighted by atomic mass is 16.4. The number of anilines is 2. The van der Waals surface area contributed by atoms with Gasteiger partial charge in [-0.1, -0.05) is 74.5 Å². The van der Waals surface area contributed by atoms with Gasteiger partial charge in [0.15, 0.2) is 0 Å². The lowest BCUT2D eigenvalue weighted by molar-refractivity contribution is -0.133. The Hall–Kier alpha value is -5.38. The number of piperidine rings is 1. The lowest BCUT2D eigenvalue weighted by Gasteiger charge is -2.39. The molecule has 0 saturated carbocycles.